The minimum absolute atomic E-state index is 0. The SMILES string of the molecule is Cl.O=C(S)Nc1ccccc1. The minimum atomic E-state index is -0.341. The summed E-state index contributed by atoms with van der Waals surface area (Å²) in [4.78, 5) is 10.4. The molecule has 1 N–H and O–H groups in total. The van der Waals surface area contributed by atoms with Gasteiger partial charge in [-0.15, -0.1) is 12.4 Å². The van der Waals surface area contributed by atoms with E-state index >= 15 is 0 Å². The summed E-state index contributed by atoms with van der Waals surface area (Å²) in [5.41, 5.74) is 0.766. The number of para-hydroxylation sites is 1. The minimum Gasteiger partial charge on any atom is -0.317 e. The van der Waals surface area contributed by atoms with Crippen LogP contribution in [0.15, 0.2) is 30.3 Å². The van der Waals surface area contributed by atoms with Gasteiger partial charge in [-0.05, 0) is 12.1 Å². The van der Waals surface area contributed by atoms with Crippen molar-refractivity contribution in [2.24, 2.45) is 0 Å². The van der Waals surface area contributed by atoms with Crippen LogP contribution in [0.5, 0.6) is 0 Å². The molecule has 11 heavy (non-hydrogen) atoms. The standard InChI is InChI=1S/C7H7NOS.ClH/c9-7(10)8-6-4-2-1-3-5-6;/h1-5H,(H2,8,9,10);1H. The number of thiol groups is 1. The number of halogens is 1. The first-order valence-corrected chi connectivity index (χ1v) is 3.29. The molecule has 1 aromatic rings. The lowest BCUT2D eigenvalue weighted by Gasteiger charge is -1.97. The second-order valence-corrected chi connectivity index (χ2v) is 2.20. The van der Waals surface area contributed by atoms with Gasteiger partial charge in [-0.2, -0.15) is 0 Å². The van der Waals surface area contributed by atoms with E-state index in [2.05, 4.69) is 17.9 Å². The van der Waals surface area contributed by atoms with Crippen LogP contribution in [-0.4, -0.2) is 5.24 Å². The van der Waals surface area contributed by atoms with Gasteiger partial charge in [0.2, 0.25) is 0 Å². The molecular weight excluding hydrogens is 182 g/mol. The molecule has 1 amide bonds. The Morgan fingerprint density at radius 3 is 2.27 bits per heavy atom. The van der Waals surface area contributed by atoms with Crippen molar-refractivity contribution in [1.82, 2.24) is 0 Å². The third-order valence-electron chi connectivity index (χ3n) is 1.03. The van der Waals surface area contributed by atoms with Crippen LogP contribution in [0.25, 0.3) is 0 Å². The Kier molecular flexibility index (Phi) is 4.74. The second kappa shape index (κ2) is 5.04. The van der Waals surface area contributed by atoms with Crippen LogP contribution in [-0.2, 0) is 0 Å². The van der Waals surface area contributed by atoms with Crippen LogP contribution < -0.4 is 5.32 Å². The van der Waals surface area contributed by atoms with Crippen LogP contribution in [0.3, 0.4) is 0 Å². The average Bonchev–Trinajstić information content (AvgIpc) is 1.88. The van der Waals surface area contributed by atoms with Crippen molar-refractivity contribution in [3.63, 3.8) is 0 Å². The average molecular weight is 190 g/mol. The molecule has 1 aromatic carbocycles. The summed E-state index contributed by atoms with van der Waals surface area (Å²) in [6.45, 7) is 0. The lowest BCUT2D eigenvalue weighted by atomic mass is 10.3. The van der Waals surface area contributed by atoms with E-state index in [1.807, 2.05) is 18.2 Å². The summed E-state index contributed by atoms with van der Waals surface area (Å²) in [6, 6.07) is 9.18. The number of carbonyl (C=O) groups is 1. The van der Waals surface area contributed by atoms with E-state index in [0.29, 0.717) is 0 Å². The van der Waals surface area contributed by atoms with Crippen LogP contribution in [0.1, 0.15) is 0 Å². The number of amides is 1. The molecule has 0 aliphatic rings. The third-order valence-corrected chi connectivity index (χ3v) is 1.14. The highest BCUT2D eigenvalue weighted by atomic mass is 35.5. The van der Waals surface area contributed by atoms with Crippen molar-refractivity contribution in [1.29, 1.82) is 0 Å². The lowest BCUT2D eigenvalue weighted by Crippen LogP contribution is -1.99. The third kappa shape index (κ3) is 3.91. The van der Waals surface area contributed by atoms with E-state index < -0.39 is 0 Å². The molecule has 0 atom stereocenters. The molecule has 0 heterocycles. The molecule has 0 aliphatic carbocycles. The van der Waals surface area contributed by atoms with Gasteiger partial charge < -0.3 is 5.32 Å². The van der Waals surface area contributed by atoms with Gasteiger partial charge in [0.05, 0.1) is 0 Å². The van der Waals surface area contributed by atoms with Gasteiger partial charge in [0, 0.05) is 5.69 Å². The predicted molar refractivity (Wildman–Crippen MR) is 51.7 cm³/mol. The number of carbonyl (C=O) groups excluding carboxylic acids is 1. The zero-order chi connectivity index (χ0) is 7.40. The van der Waals surface area contributed by atoms with Crippen molar-refractivity contribution in [3.8, 4) is 0 Å². The monoisotopic (exact) mass is 189 g/mol. The van der Waals surface area contributed by atoms with Crippen LogP contribution >= 0.6 is 25.0 Å². The first-order chi connectivity index (χ1) is 4.79. The van der Waals surface area contributed by atoms with Gasteiger partial charge in [-0.3, -0.25) is 4.79 Å². The van der Waals surface area contributed by atoms with Gasteiger partial charge in [-0.25, -0.2) is 0 Å². The molecule has 0 radical (unpaired) electrons. The highest BCUT2D eigenvalue weighted by Gasteiger charge is 1.91. The number of anilines is 1. The molecule has 1 rings (SSSR count). The maximum atomic E-state index is 10.4. The fourth-order valence-electron chi connectivity index (χ4n) is 0.645. The topological polar surface area (TPSA) is 29.1 Å². The molecule has 0 unspecified atom stereocenters. The van der Waals surface area contributed by atoms with Crippen molar-refractivity contribution in [2.45, 2.75) is 0 Å². The van der Waals surface area contributed by atoms with Crippen LogP contribution in [0.2, 0.25) is 0 Å². The number of rotatable bonds is 1. The lowest BCUT2D eigenvalue weighted by molar-refractivity contribution is 0.270. The summed E-state index contributed by atoms with van der Waals surface area (Å²) in [6.07, 6.45) is 0. The Labute approximate surface area is 76.8 Å². The van der Waals surface area contributed by atoms with E-state index in [-0.39, 0.29) is 17.6 Å². The zero-order valence-corrected chi connectivity index (χ0v) is 7.36. The van der Waals surface area contributed by atoms with Crippen molar-refractivity contribution < 1.29 is 4.79 Å². The van der Waals surface area contributed by atoms with Crippen molar-refractivity contribution in [2.75, 3.05) is 5.32 Å². The van der Waals surface area contributed by atoms with Gasteiger partial charge in [0.1, 0.15) is 0 Å². The highest BCUT2D eigenvalue weighted by molar-refractivity contribution is 7.96. The Morgan fingerprint density at radius 2 is 1.82 bits per heavy atom. The van der Waals surface area contributed by atoms with E-state index in [4.69, 9.17) is 0 Å². The second-order valence-electron chi connectivity index (χ2n) is 1.80. The molecule has 4 heteroatoms. The molecule has 0 aliphatic heterocycles. The van der Waals surface area contributed by atoms with Gasteiger partial charge in [-0.1, -0.05) is 30.8 Å². The molecule has 2 nitrogen and oxygen atoms in total. The number of hydrogen-bond donors (Lipinski definition) is 2. The smallest absolute Gasteiger partial charge is 0.280 e. The molecule has 0 spiro atoms. The summed E-state index contributed by atoms with van der Waals surface area (Å²) >= 11 is 3.56. The maximum Gasteiger partial charge on any atom is 0.280 e. The highest BCUT2D eigenvalue weighted by Crippen LogP contribution is 2.05. The van der Waals surface area contributed by atoms with Crippen LogP contribution in [0, 0.1) is 0 Å². The summed E-state index contributed by atoms with van der Waals surface area (Å²) in [7, 11) is 0. The fraction of sp³-hybridized carbons (Fsp3) is 0. The normalized spacial score (nSPS) is 8.09. The van der Waals surface area contributed by atoms with Crippen molar-refractivity contribution >= 4 is 36.0 Å². The quantitative estimate of drug-likeness (QED) is 0.654. The van der Waals surface area contributed by atoms with E-state index in [9.17, 15) is 4.79 Å². The largest absolute Gasteiger partial charge is 0.317 e. The van der Waals surface area contributed by atoms with Crippen LogP contribution in [0.4, 0.5) is 10.5 Å². The van der Waals surface area contributed by atoms with E-state index in [1.54, 1.807) is 12.1 Å². The Bertz CT molecular complexity index is 227. The molecule has 0 saturated heterocycles. The maximum absolute atomic E-state index is 10.4. The Balaban J connectivity index is 0.000001000. The Hall–Kier alpha value is -0.670. The molecule has 0 fully saturated rings. The predicted octanol–water partition coefficient (Wildman–Crippen LogP) is 2.57. The van der Waals surface area contributed by atoms with E-state index in [0.717, 1.165) is 5.69 Å². The molecule has 0 aromatic heterocycles. The summed E-state index contributed by atoms with van der Waals surface area (Å²) in [5.74, 6) is 0. The molecule has 60 valence electrons. The summed E-state index contributed by atoms with van der Waals surface area (Å²) < 4.78 is 0. The van der Waals surface area contributed by atoms with Crippen molar-refractivity contribution in [3.05, 3.63) is 30.3 Å². The molecule has 0 saturated carbocycles. The summed E-state index contributed by atoms with van der Waals surface area (Å²) in [5, 5.41) is 2.19. The van der Waals surface area contributed by atoms with Gasteiger partial charge in [0.25, 0.3) is 5.24 Å². The number of nitrogens with one attached hydrogen (secondary N) is 1. The molecular formula is C7H8ClNOS. The van der Waals surface area contributed by atoms with Gasteiger partial charge >= 0.3 is 0 Å². The first-order valence-electron chi connectivity index (χ1n) is 2.84. The zero-order valence-electron chi connectivity index (χ0n) is 5.65. The van der Waals surface area contributed by atoms with Gasteiger partial charge in [0.15, 0.2) is 0 Å². The molecule has 0 bridgehead atoms. The number of benzene rings is 1. The Morgan fingerprint density at radius 1 is 1.27 bits per heavy atom. The fourth-order valence-corrected chi connectivity index (χ4v) is 0.774. The van der Waals surface area contributed by atoms with E-state index in [1.165, 1.54) is 0 Å². The number of hydrogen-bond acceptors (Lipinski definition) is 1. The first kappa shape index (κ1) is 10.3.